The summed E-state index contributed by atoms with van der Waals surface area (Å²) in [6.07, 6.45) is 9.14. The van der Waals surface area contributed by atoms with Crippen LogP contribution in [0.25, 0.3) is 0 Å². The second-order valence-corrected chi connectivity index (χ2v) is 7.14. The van der Waals surface area contributed by atoms with E-state index in [1.807, 2.05) is 6.07 Å². The van der Waals surface area contributed by atoms with Crippen molar-refractivity contribution in [2.75, 3.05) is 0 Å². The Morgan fingerprint density at radius 1 is 1.05 bits per heavy atom. The second kappa shape index (κ2) is 6.11. The van der Waals surface area contributed by atoms with Crippen LogP contribution in [0, 0.1) is 0 Å². The van der Waals surface area contributed by atoms with Crippen molar-refractivity contribution in [1.82, 2.24) is 0 Å². The zero-order chi connectivity index (χ0) is 15.7. The largest absolute Gasteiger partial charge is 0.506 e. The van der Waals surface area contributed by atoms with Crippen LogP contribution in [0.5, 0.6) is 5.75 Å². The van der Waals surface area contributed by atoms with Gasteiger partial charge in [-0.3, -0.25) is 4.79 Å². The number of halogens is 1. The third-order valence-corrected chi connectivity index (χ3v) is 5.71. The number of phenolic OH excluding ortho intramolecular Hbond substituents is 1. The molecule has 0 spiro atoms. The Morgan fingerprint density at radius 2 is 1.68 bits per heavy atom. The Labute approximate surface area is 136 Å². The molecule has 0 aromatic heterocycles. The summed E-state index contributed by atoms with van der Waals surface area (Å²) in [5.74, 6) is -0.803. The average molecular weight is 323 g/mol. The van der Waals surface area contributed by atoms with Crippen LogP contribution in [0.15, 0.2) is 6.07 Å². The second-order valence-electron chi connectivity index (χ2n) is 6.73. The lowest BCUT2D eigenvalue weighted by Gasteiger charge is -2.36. The predicted molar refractivity (Wildman–Crippen MR) is 86.8 cm³/mol. The summed E-state index contributed by atoms with van der Waals surface area (Å²) in [5, 5.41) is 20.9. The smallest absolute Gasteiger partial charge is 0.314 e. The summed E-state index contributed by atoms with van der Waals surface area (Å²) in [4.78, 5) is 12.2. The molecule has 1 aromatic carbocycles. The van der Waals surface area contributed by atoms with Crippen molar-refractivity contribution < 1.29 is 15.0 Å². The Balaban J connectivity index is 2.23. The first-order valence-electron chi connectivity index (χ1n) is 8.33. The van der Waals surface area contributed by atoms with Crippen molar-refractivity contribution in [3.63, 3.8) is 0 Å². The van der Waals surface area contributed by atoms with Gasteiger partial charge in [-0.25, -0.2) is 0 Å². The van der Waals surface area contributed by atoms with Crippen molar-refractivity contribution in [3.8, 4) is 5.75 Å². The Morgan fingerprint density at radius 3 is 2.36 bits per heavy atom. The minimum absolute atomic E-state index is 0.00613. The van der Waals surface area contributed by atoms with Gasteiger partial charge in [0.2, 0.25) is 0 Å². The molecule has 1 aromatic rings. The fourth-order valence-corrected chi connectivity index (χ4v) is 4.50. The number of aryl methyl sites for hydroxylation is 1. The molecule has 0 heterocycles. The Hall–Kier alpha value is -1.22. The molecule has 0 bridgehead atoms. The number of rotatable bonds is 2. The molecule has 2 aliphatic carbocycles. The molecule has 3 nitrogen and oxygen atoms in total. The number of benzene rings is 1. The van der Waals surface area contributed by atoms with Gasteiger partial charge in [0.05, 0.1) is 10.4 Å². The van der Waals surface area contributed by atoms with E-state index in [1.54, 1.807) is 0 Å². The third-order valence-electron chi connectivity index (χ3n) is 5.42. The molecular weight excluding hydrogens is 300 g/mol. The first-order chi connectivity index (χ1) is 10.6. The van der Waals surface area contributed by atoms with Crippen LogP contribution >= 0.6 is 11.6 Å². The van der Waals surface area contributed by atoms with E-state index >= 15 is 0 Å². The van der Waals surface area contributed by atoms with Crippen LogP contribution in [0.4, 0.5) is 0 Å². The average Bonchev–Trinajstić information content (AvgIpc) is 2.74. The number of aromatic hydroxyl groups is 1. The van der Waals surface area contributed by atoms with Crippen LogP contribution in [0.1, 0.15) is 68.1 Å². The summed E-state index contributed by atoms with van der Waals surface area (Å²) in [6, 6.07) is 1.85. The number of aliphatic carboxylic acids is 1. The topological polar surface area (TPSA) is 57.5 Å². The Kier molecular flexibility index (Phi) is 4.35. The van der Waals surface area contributed by atoms with Crippen LogP contribution in [-0.4, -0.2) is 16.2 Å². The summed E-state index contributed by atoms with van der Waals surface area (Å²) in [7, 11) is 0. The summed E-state index contributed by atoms with van der Waals surface area (Å²) < 4.78 is 0. The normalized spacial score (nSPS) is 21.0. The van der Waals surface area contributed by atoms with E-state index in [9.17, 15) is 15.0 Å². The molecule has 2 N–H and O–H groups in total. The van der Waals surface area contributed by atoms with Crippen molar-refractivity contribution in [2.45, 2.75) is 69.6 Å². The number of hydrogen-bond donors (Lipinski definition) is 2. The number of carboxylic acid groups (broad SMARTS) is 1. The molecule has 1 saturated carbocycles. The molecule has 0 aliphatic heterocycles. The van der Waals surface area contributed by atoms with E-state index in [0.717, 1.165) is 62.5 Å². The van der Waals surface area contributed by atoms with Gasteiger partial charge in [-0.15, -0.1) is 0 Å². The summed E-state index contributed by atoms with van der Waals surface area (Å²) in [6.45, 7) is 0. The molecular formula is C18H23ClO3. The van der Waals surface area contributed by atoms with Gasteiger partial charge in [-0.05, 0) is 55.7 Å². The van der Waals surface area contributed by atoms with Gasteiger partial charge in [0.25, 0.3) is 0 Å². The van der Waals surface area contributed by atoms with E-state index in [-0.39, 0.29) is 5.75 Å². The van der Waals surface area contributed by atoms with Crippen LogP contribution in [0.2, 0.25) is 5.02 Å². The van der Waals surface area contributed by atoms with Gasteiger partial charge in [-0.1, -0.05) is 37.3 Å². The quantitative estimate of drug-likeness (QED) is 0.782. The maximum absolute atomic E-state index is 12.2. The molecule has 0 radical (unpaired) electrons. The fraction of sp³-hybridized carbons (Fsp3) is 0.611. The van der Waals surface area contributed by atoms with Gasteiger partial charge < -0.3 is 10.2 Å². The number of hydrogen-bond acceptors (Lipinski definition) is 2. The molecule has 0 unspecified atom stereocenters. The fourth-order valence-electron chi connectivity index (χ4n) is 4.28. The van der Waals surface area contributed by atoms with Gasteiger partial charge in [0.15, 0.2) is 0 Å². The van der Waals surface area contributed by atoms with Crippen LogP contribution in [0.3, 0.4) is 0 Å². The van der Waals surface area contributed by atoms with E-state index in [2.05, 4.69) is 0 Å². The monoisotopic (exact) mass is 322 g/mol. The predicted octanol–water partition coefficient (Wildman–Crippen LogP) is 4.60. The molecule has 1 fully saturated rings. The maximum atomic E-state index is 12.2. The molecule has 4 heteroatoms. The van der Waals surface area contributed by atoms with E-state index in [0.29, 0.717) is 23.4 Å². The van der Waals surface area contributed by atoms with E-state index < -0.39 is 11.4 Å². The minimum Gasteiger partial charge on any atom is -0.506 e. The lowest BCUT2D eigenvalue weighted by molar-refractivity contribution is -0.145. The van der Waals surface area contributed by atoms with Crippen molar-refractivity contribution >= 4 is 17.6 Å². The van der Waals surface area contributed by atoms with Crippen molar-refractivity contribution in [3.05, 3.63) is 27.8 Å². The zero-order valence-corrected chi connectivity index (χ0v) is 13.6. The van der Waals surface area contributed by atoms with Crippen LogP contribution in [-0.2, 0) is 23.1 Å². The zero-order valence-electron chi connectivity index (χ0n) is 12.8. The minimum atomic E-state index is -0.957. The number of carboxylic acids is 1. The standard InChI is InChI=1S/C18H23ClO3/c19-14-11-12-7-3-1-4-8-13(12)15(16(14)20)18(17(21)22)9-5-2-6-10-18/h11,20H,1-10H2,(H,21,22). The SMILES string of the molecule is O=C(O)C1(c2c(O)c(Cl)cc3c2CCCCC3)CCCCC1. The lowest BCUT2D eigenvalue weighted by atomic mass is 9.67. The van der Waals surface area contributed by atoms with Crippen molar-refractivity contribution in [2.24, 2.45) is 0 Å². The molecule has 0 amide bonds. The molecule has 22 heavy (non-hydrogen) atoms. The van der Waals surface area contributed by atoms with E-state index in [4.69, 9.17) is 11.6 Å². The highest BCUT2D eigenvalue weighted by Crippen LogP contribution is 2.49. The van der Waals surface area contributed by atoms with E-state index in [1.165, 1.54) is 0 Å². The summed E-state index contributed by atoms with van der Waals surface area (Å²) >= 11 is 6.25. The molecule has 0 saturated heterocycles. The highest BCUT2D eigenvalue weighted by Gasteiger charge is 2.45. The first-order valence-corrected chi connectivity index (χ1v) is 8.71. The highest BCUT2D eigenvalue weighted by molar-refractivity contribution is 6.32. The van der Waals surface area contributed by atoms with Crippen molar-refractivity contribution in [1.29, 1.82) is 0 Å². The lowest BCUT2D eigenvalue weighted by Crippen LogP contribution is -2.39. The highest BCUT2D eigenvalue weighted by atomic mass is 35.5. The summed E-state index contributed by atoms with van der Waals surface area (Å²) in [5.41, 5.74) is 1.87. The number of phenols is 1. The third kappa shape index (κ3) is 2.50. The molecule has 3 rings (SSSR count). The molecule has 2 aliphatic rings. The van der Waals surface area contributed by atoms with Gasteiger partial charge in [0.1, 0.15) is 5.75 Å². The maximum Gasteiger partial charge on any atom is 0.314 e. The molecule has 120 valence electrons. The number of fused-ring (bicyclic) bond motifs is 1. The first kappa shape index (κ1) is 15.7. The van der Waals surface area contributed by atoms with Gasteiger partial charge in [-0.2, -0.15) is 0 Å². The molecule has 0 atom stereocenters. The van der Waals surface area contributed by atoms with Gasteiger partial charge in [0, 0.05) is 5.56 Å². The number of carbonyl (C=O) groups is 1. The Bertz CT molecular complexity index is 588. The van der Waals surface area contributed by atoms with Gasteiger partial charge >= 0.3 is 5.97 Å². The van der Waals surface area contributed by atoms with Crippen LogP contribution < -0.4 is 0 Å².